The van der Waals surface area contributed by atoms with Gasteiger partial charge in [-0.15, -0.1) is 0 Å². The highest BCUT2D eigenvalue weighted by molar-refractivity contribution is 5.50. The van der Waals surface area contributed by atoms with Crippen LogP contribution in [0.1, 0.15) is 32.4 Å². The number of benzene rings is 1. The van der Waals surface area contributed by atoms with E-state index in [1.165, 1.54) is 0 Å². The molecule has 0 aliphatic heterocycles. The second kappa shape index (κ2) is 6.97. The van der Waals surface area contributed by atoms with Gasteiger partial charge in [-0.3, -0.25) is 0 Å². The fourth-order valence-electron chi connectivity index (χ4n) is 2.33. The smallest absolute Gasteiger partial charge is 0.128 e. The molecule has 4 nitrogen and oxygen atoms in total. The fraction of sp³-hybridized carbons (Fsp3) is 0.353. The third kappa shape index (κ3) is 3.88. The molecule has 1 unspecified atom stereocenters. The van der Waals surface area contributed by atoms with Gasteiger partial charge in [0.25, 0.3) is 0 Å². The van der Waals surface area contributed by atoms with Gasteiger partial charge >= 0.3 is 0 Å². The first-order valence-electron chi connectivity index (χ1n) is 7.40. The molecule has 2 N–H and O–H groups in total. The van der Waals surface area contributed by atoms with Crippen LogP contribution in [-0.2, 0) is 0 Å². The highest BCUT2D eigenvalue weighted by Crippen LogP contribution is 2.22. The number of nitrogens with one attached hydrogen (secondary N) is 1. The Morgan fingerprint density at radius 2 is 1.95 bits per heavy atom. The van der Waals surface area contributed by atoms with E-state index in [4.69, 9.17) is 0 Å². The molecule has 0 bridgehead atoms. The molecule has 21 heavy (non-hydrogen) atoms. The molecule has 0 amide bonds. The van der Waals surface area contributed by atoms with Crippen molar-refractivity contribution in [2.45, 2.75) is 26.8 Å². The Balaban J connectivity index is 2.06. The van der Waals surface area contributed by atoms with Crippen LogP contribution in [0.5, 0.6) is 5.75 Å². The molecule has 1 atom stereocenters. The topological polar surface area (TPSA) is 48.4 Å². The van der Waals surface area contributed by atoms with Crippen molar-refractivity contribution in [2.24, 2.45) is 0 Å². The van der Waals surface area contributed by atoms with E-state index in [1.54, 1.807) is 12.1 Å². The first-order valence-corrected chi connectivity index (χ1v) is 7.40. The molecule has 2 rings (SSSR count). The summed E-state index contributed by atoms with van der Waals surface area (Å²) in [6.45, 7) is 8.22. The first kappa shape index (κ1) is 15.2. The van der Waals surface area contributed by atoms with Gasteiger partial charge < -0.3 is 15.3 Å². The molecule has 0 aliphatic rings. The maximum absolute atomic E-state index is 9.53. The van der Waals surface area contributed by atoms with E-state index in [-0.39, 0.29) is 11.8 Å². The summed E-state index contributed by atoms with van der Waals surface area (Å²) in [4.78, 5) is 6.71. The number of hydrogen-bond donors (Lipinski definition) is 2. The molecule has 1 heterocycles. The van der Waals surface area contributed by atoms with Crippen LogP contribution < -0.4 is 10.2 Å². The SMILES string of the molecule is CCN(CC)c1ccc(NC(C)c2cccc(O)c2)cn1. The summed E-state index contributed by atoms with van der Waals surface area (Å²) < 4.78 is 0. The zero-order valence-corrected chi connectivity index (χ0v) is 12.9. The van der Waals surface area contributed by atoms with Crippen LogP contribution in [0.2, 0.25) is 0 Å². The number of phenols is 1. The average molecular weight is 285 g/mol. The number of aromatic nitrogens is 1. The summed E-state index contributed by atoms with van der Waals surface area (Å²) in [7, 11) is 0. The third-order valence-corrected chi connectivity index (χ3v) is 3.59. The van der Waals surface area contributed by atoms with Crippen LogP contribution in [0.4, 0.5) is 11.5 Å². The van der Waals surface area contributed by atoms with Crippen LogP contribution in [0.25, 0.3) is 0 Å². The molecule has 4 heteroatoms. The van der Waals surface area contributed by atoms with E-state index < -0.39 is 0 Å². The van der Waals surface area contributed by atoms with Crippen LogP contribution in [0.15, 0.2) is 42.6 Å². The summed E-state index contributed by atoms with van der Waals surface area (Å²) in [6.07, 6.45) is 1.85. The van der Waals surface area contributed by atoms with Crippen LogP contribution >= 0.6 is 0 Å². The van der Waals surface area contributed by atoms with E-state index in [0.29, 0.717) is 0 Å². The minimum atomic E-state index is 0.109. The molecular weight excluding hydrogens is 262 g/mol. The molecule has 0 radical (unpaired) electrons. The van der Waals surface area contributed by atoms with Gasteiger partial charge in [0.2, 0.25) is 0 Å². The normalized spacial score (nSPS) is 12.0. The average Bonchev–Trinajstić information content (AvgIpc) is 2.50. The number of aromatic hydroxyl groups is 1. The zero-order valence-electron chi connectivity index (χ0n) is 12.9. The van der Waals surface area contributed by atoms with Crippen molar-refractivity contribution >= 4 is 11.5 Å². The summed E-state index contributed by atoms with van der Waals surface area (Å²) in [5.74, 6) is 1.28. The minimum Gasteiger partial charge on any atom is -0.508 e. The molecule has 0 saturated carbocycles. The molecule has 112 valence electrons. The number of phenolic OH excluding ortho intramolecular Hbond substituents is 1. The second-order valence-corrected chi connectivity index (χ2v) is 5.04. The van der Waals surface area contributed by atoms with E-state index >= 15 is 0 Å². The summed E-state index contributed by atoms with van der Waals surface area (Å²) in [5.41, 5.74) is 2.02. The van der Waals surface area contributed by atoms with E-state index in [2.05, 4.69) is 36.0 Å². The van der Waals surface area contributed by atoms with Crippen molar-refractivity contribution in [1.29, 1.82) is 0 Å². The Labute approximate surface area is 126 Å². The summed E-state index contributed by atoms with van der Waals surface area (Å²) in [5, 5.41) is 12.9. The van der Waals surface area contributed by atoms with Gasteiger partial charge in [-0.05, 0) is 50.6 Å². The number of hydrogen-bond acceptors (Lipinski definition) is 4. The van der Waals surface area contributed by atoms with Crippen molar-refractivity contribution in [1.82, 2.24) is 4.98 Å². The molecule has 0 aliphatic carbocycles. The van der Waals surface area contributed by atoms with Gasteiger partial charge in [0, 0.05) is 19.1 Å². The lowest BCUT2D eigenvalue weighted by Crippen LogP contribution is -2.22. The lowest BCUT2D eigenvalue weighted by Gasteiger charge is -2.20. The molecule has 0 saturated heterocycles. The highest BCUT2D eigenvalue weighted by atomic mass is 16.3. The van der Waals surface area contributed by atoms with Crippen molar-refractivity contribution in [3.05, 3.63) is 48.2 Å². The predicted octanol–water partition coefficient (Wildman–Crippen LogP) is 3.81. The van der Waals surface area contributed by atoms with Crippen molar-refractivity contribution < 1.29 is 5.11 Å². The third-order valence-electron chi connectivity index (χ3n) is 3.59. The van der Waals surface area contributed by atoms with Crippen molar-refractivity contribution in [2.75, 3.05) is 23.3 Å². The lowest BCUT2D eigenvalue weighted by atomic mass is 10.1. The molecule has 0 spiro atoms. The Kier molecular flexibility index (Phi) is 5.04. The first-order chi connectivity index (χ1) is 10.1. The molecule has 0 fully saturated rings. The van der Waals surface area contributed by atoms with Gasteiger partial charge in [-0.1, -0.05) is 12.1 Å². The summed E-state index contributed by atoms with van der Waals surface area (Å²) >= 11 is 0. The molecule has 2 aromatic rings. The number of nitrogens with zero attached hydrogens (tertiary/aromatic N) is 2. The number of pyridine rings is 1. The maximum Gasteiger partial charge on any atom is 0.128 e. The van der Waals surface area contributed by atoms with Crippen molar-refractivity contribution in [3.63, 3.8) is 0 Å². The van der Waals surface area contributed by atoms with Crippen LogP contribution in [-0.4, -0.2) is 23.2 Å². The van der Waals surface area contributed by atoms with Gasteiger partial charge in [0.1, 0.15) is 11.6 Å². The van der Waals surface area contributed by atoms with Crippen LogP contribution in [0, 0.1) is 0 Å². The standard InChI is InChI=1S/C17H23N3O/c1-4-20(5-2)17-10-9-15(12-18-17)19-13(3)14-7-6-8-16(21)11-14/h6-13,19,21H,4-5H2,1-3H3. The van der Waals surface area contributed by atoms with Gasteiger partial charge in [-0.2, -0.15) is 0 Å². The molecule has 1 aromatic carbocycles. The quantitative estimate of drug-likeness (QED) is 0.847. The highest BCUT2D eigenvalue weighted by Gasteiger charge is 2.07. The molecular formula is C17H23N3O. The molecule has 1 aromatic heterocycles. The second-order valence-electron chi connectivity index (χ2n) is 5.04. The Bertz CT molecular complexity index is 565. The van der Waals surface area contributed by atoms with Gasteiger partial charge in [0.15, 0.2) is 0 Å². The Morgan fingerprint density at radius 1 is 1.19 bits per heavy atom. The Morgan fingerprint density at radius 3 is 2.52 bits per heavy atom. The van der Waals surface area contributed by atoms with E-state index in [9.17, 15) is 5.11 Å². The van der Waals surface area contributed by atoms with Gasteiger partial charge in [-0.25, -0.2) is 4.98 Å². The monoisotopic (exact) mass is 285 g/mol. The zero-order chi connectivity index (χ0) is 15.2. The maximum atomic E-state index is 9.53. The Hall–Kier alpha value is -2.23. The predicted molar refractivity (Wildman–Crippen MR) is 87.9 cm³/mol. The minimum absolute atomic E-state index is 0.109. The number of rotatable bonds is 6. The number of anilines is 2. The van der Waals surface area contributed by atoms with Gasteiger partial charge in [0.05, 0.1) is 11.9 Å². The summed E-state index contributed by atoms with van der Waals surface area (Å²) in [6, 6.07) is 11.5. The largest absolute Gasteiger partial charge is 0.508 e. The fourth-order valence-corrected chi connectivity index (χ4v) is 2.33. The van der Waals surface area contributed by atoms with E-state index in [0.717, 1.165) is 30.2 Å². The lowest BCUT2D eigenvalue weighted by molar-refractivity contribution is 0.474. The van der Waals surface area contributed by atoms with E-state index in [1.807, 2.05) is 30.5 Å². The van der Waals surface area contributed by atoms with Crippen molar-refractivity contribution in [3.8, 4) is 5.75 Å². The van der Waals surface area contributed by atoms with Crippen LogP contribution in [0.3, 0.4) is 0 Å².